The summed E-state index contributed by atoms with van der Waals surface area (Å²) in [6.45, 7) is 1.53. The number of imidazole rings is 1. The van der Waals surface area contributed by atoms with Gasteiger partial charge >= 0.3 is 0 Å². The lowest BCUT2D eigenvalue weighted by atomic mass is 10.2. The number of anilines is 1. The molecule has 3 aromatic rings. The van der Waals surface area contributed by atoms with E-state index in [1.165, 1.54) is 36.5 Å². The van der Waals surface area contributed by atoms with Crippen molar-refractivity contribution in [1.29, 1.82) is 0 Å². The molecule has 0 fully saturated rings. The van der Waals surface area contributed by atoms with Crippen LogP contribution in [0.2, 0.25) is 0 Å². The minimum Gasteiger partial charge on any atom is -0.506 e. The molecule has 0 saturated carbocycles. The number of hydrogen-bond acceptors (Lipinski definition) is 6. The van der Waals surface area contributed by atoms with Crippen molar-refractivity contribution in [2.75, 3.05) is 11.1 Å². The average molecular weight is 365 g/mol. The van der Waals surface area contributed by atoms with Gasteiger partial charge in [-0.2, -0.15) is 0 Å². The lowest BCUT2D eigenvalue weighted by Crippen LogP contribution is -2.15. The zero-order chi connectivity index (χ0) is 17.3. The van der Waals surface area contributed by atoms with Crippen LogP contribution in [0.4, 0.5) is 5.69 Å². The van der Waals surface area contributed by atoms with E-state index in [1.54, 1.807) is 6.20 Å². The Labute approximate surface area is 142 Å². The molecule has 0 atom stereocenters. The molecule has 2 heterocycles. The Balaban J connectivity index is 1.78. The minimum atomic E-state index is -3.42. The zero-order valence-corrected chi connectivity index (χ0v) is 14.4. The number of phenolic OH excluding ortho intramolecular Hbond substituents is 1. The van der Waals surface area contributed by atoms with Gasteiger partial charge in [-0.15, -0.1) is 11.3 Å². The maximum atomic E-state index is 12.1. The van der Waals surface area contributed by atoms with E-state index in [2.05, 4.69) is 10.3 Å². The normalized spacial score (nSPS) is 11.7. The molecule has 7 nitrogen and oxygen atoms in total. The number of fused-ring (bicyclic) bond motifs is 1. The molecule has 3 rings (SSSR count). The van der Waals surface area contributed by atoms with Gasteiger partial charge in [0.05, 0.1) is 28.5 Å². The first-order valence-electron chi connectivity index (χ1n) is 7.16. The predicted octanol–water partition coefficient (Wildman–Crippen LogP) is 2.08. The van der Waals surface area contributed by atoms with E-state index in [1.807, 2.05) is 16.0 Å². The zero-order valence-electron chi connectivity index (χ0n) is 12.8. The maximum Gasteiger partial charge on any atom is 0.230 e. The molecule has 1 aromatic carbocycles. The van der Waals surface area contributed by atoms with E-state index in [0.717, 1.165) is 4.96 Å². The highest BCUT2D eigenvalue weighted by Gasteiger charge is 2.16. The van der Waals surface area contributed by atoms with E-state index in [0.29, 0.717) is 5.69 Å². The van der Waals surface area contributed by atoms with Crippen LogP contribution < -0.4 is 5.32 Å². The van der Waals surface area contributed by atoms with Crippen LogP contribution in [0.3, 0.4) is 0 Å². The van der Waals surface area contributed by atoms with Crippen LogP contribution in [-0.2, 0) is 21.1 Å². The summed E-state index contributed by atoms with van der Waals surface area (Å²) >= 11 is 1.46. The van der Waals surface area contributed by atoms with Gasteiger partial charge in [-0.25, -0.2) is 13.4 Å². The first-order valence-corrected chi connectivity index (χ1v) is 9.69. The number of thiazole rings is 1. The van der Waals surface area contributed by atoms with Crippen LogP contribution in [0.1, 0.15) is 12.6 Å². The second-order valence-electron chi connectivity index (χ2n) is 5.13. The van der Waals surface area contributed by atoms with Crippen molar-refractivity contribution in [1.82, 2.24) is 9.38 Å². The van der Waals surface area contributed by atoms with Crippen LogP contribution >= 0.6 is 11.3 Å². The summed E-state index contributed by atoms with van der Waals surface area (Å²) in [6.07, 6.45) is 3.63. The molecule has 0 unspecified atom stereocenters. The second-order valence-corrected chi connectivity index (χ2v) is 8.28. The molecule has 0 spiro atoms. The Morgan fingerprint density at radius 3 is 2.92 bits per heavy atom. The standard InChI is InChI=1S/C15H15N3O4S2/c1-2-24(21,22)11-3-4-13(19)12(8-11)17-14(20)7-10-9-18-5-6-23-15(18)16-10/h3-6,8-9,19H,2,7H2,1H3,(H,17,20). The first-order chi connectivity index (χ1) is 11.4. The number of benzene rings is 1. The van der Waals surface area contributed by atoms with Gasteiger partial charge in [-0.1, -0.05) is 6.92 Å². The third kappa shape index (κ3) is 3.26. The molecule has 1 amide bonds. The minimum absolute atomic E-state index is 0.0264. The summed E-state index contributed by atoms with van der Waals surface area (Å²) in [5.41, 5.74) is 0.659. The number of aromatic hydroxyl groups is 1. The molecule has 2 aromatic heterocycles. The summed E-state index contributed by atoms with van der Waals surface area (Å²) in [4.78, 5) is 17.3. The van der Waals surface area contributed by atoms with E-state index >= 15 is 0 Å². The van der Waals surface area contributed by atoms with Gasteiger partial charge < -0.3 is 10.4 Å². The molecule has 126 valence electrons. The van der Waals surface area contributed by atoms with Gasteiger partial charge in [-0.05, 0) is 18.2 Å². The van der Waals surface area contributed by atoms with Crippen molar-refractivity contribution in [2.24, 2.45) is 0 Å². The van der Waals surface area contributed by atoms with Gasteiger partial charge in [-0.3, -0.25) is 9.20 Å². The fraction of sp³-hybridized carbons (Fsp3) is 0.200. The van der Waals surface area contributed by atoms with Gasteiger partial charge in [0.1, 0.15) is 5.75 Å². The number of phenols is 1. The Bertz CT molecular complexity index is 976. The largest absolute Gasteiger partial charge is 0.506 e. The lowest BCUT2D eigenvalue weighted by Gasteiger charge is -2.09. The summed E-state index contributed by atoms with van der Waals surface area (Å²) in [7, 11) is -3.42. The number of rotatable bonds is 5. The molecule has 9 heteroatoms. The fourth-order valence-corrected chi connectivity index (χ4v) is 3.82. The van der Waals surface area contributed by atoms with Gasteiger partial charge in [0.25, 0.3) is 0 Å². The first kappa shape index (κ1) is 16.5. The third-order valence-corrected chi connectivity index (χ3v) is 5.97. The van der Waals surface area contributed by atoms with Crippen LogP contribution in [0.15, 0.2) is 40.9 Å². The summed E-state index contributed by atoms with van der Waals surface area (Å²) < 4.78 is 25.6. The highest BCUT2D eigenvalue weighted by atomic mass is 32.2. The van der Waals surface area contributed by atoms with Crippen LogP contribution in [0.25, 0.3) is 4.96 Å². The van der Waals surface area contributed by atoms with E-state index < -0.39 is 9.84 Å². The van der Waals surface area contributed by atoms with Crippen LogP contribution in [0, 0.1) is 0 Å². The van der Waals surface area contributed by atoms with Crippen LogP contribution in [0.5, 0.6) is 5.75 Å². The molecule has 0 aliphatic rings. The SMILES string of the molecule is CCS(=O)(=O)c1ccc(O)c(NC(=O)Cc2cn3ccsc3n2)c1. The van der Waals surface area contributed by atoms with Crippen molar-refractivity contribution < 1.29 is 18.3 Å². The number of nitrogens with one attached hydrogen (secondary N) is 1. The average Bonchev–Trinajstić information content (AvgIpc) is 3.10. The Morgan fingerprint density at radius 2 is 2.21 bits per heavy atom. The number of hydrogen-bond donors (Lipinski definition) is 2. The summed E-state index contributed by atoms with van der Waals surface area (Å²) in [5.74, 6) is -0.636. The quantitative estimate of drug-likeness (QED) is 0.674. The smallest absolute Gasteiger partial charge is 0.230 e. The number of amides is 1. The van der Waals surface area contributed by atoms with Gasteiger partial charge in [0.2, 0.25) is 5.91 Å². The van der Waals surface area contributed by atoms with Crippen molar-refractivity contribution in [3.63, 3.8) is 0 Å². The second kappa shape index (κ2) is 6.25. The molecule has 24 heavy (non-hydrogen) atoms. The molecule has 0 bridgehead atoms. The number of nitrogens with zero attached hydrogens (tertiary/aromatic N) is 2. The van der Waals surface area contributed by atoms with Crippen molar-refractivity contribution in [3.05, 3.63) is 41.7 Å². The highest BCUT2D eigenvalue weighted by Crippen LogP contribution is 2.27. The summed E-state index contributed by atoms with van der Waals surface area (Å²) in [6, 6.07) is 3.83. The van der Waals surface area contributed by atoms with Crippen molar-refractivity contribution >= 4 is 37.7 Å². The number of carbonyl (C=O) groups is 1. The van der Waals surface area contributed by atoms with Gasteiger partial charge in [0, 0.05) is 17.8 Å². The molecular formula is C15H15N3O4S2. The Kier molecular flexibility index (Phi) is 4.29. The predicted molar refractivity (Wildman–Crippen MR) is 91.2 cm³/mol. The third-order valence-electron chi connectivity index (χ3n) is 3.47. The molecule has 0 aliphatic heterocycles. The Hall–Kier alpha value is -2.39. The lowest BCUT2D eigenvalue weighted by molar-refractivity contribution is -0.115. The topological polar surface area (TPSA) is 101 Å². The number of carbonyl (C=O) groups excluding carboxylic acids is 1. The Morgan fingerprint density at radius 1 is 1.42 bits per heavy atom. The van der Waals surface area contributed by atoms with E-state index in [4.69, 9.17) is 0 Å². The van der Waals surface area contributed by atoms with E-state index in [-0.39, 0.29) is 34.4 Å². The molecule has 0 radical (unpaired) electrons. The fourth-order valence-electron chi connectivity index (χ4n) is 2.20. The highest BCUT2D eigenvalue weighted by molar-refractivity contribution is 7.91. The monoisotopic (exact) mass is 365 g/mol. The van der Waals surface area contributed by atoms with Crippen molar-refractivity contribution in [2.45, 2.75) is 18.2 Å². The van der Waals surface area contributed by atoms with Crippen molar-refractivity contribution in [3.8, 4) is 5.75 Å². The number of aromatic nitrogens is 2. The maximum absolute atomic E-state index is 12.1. The molecule has 0 aliphatic carbocycles. The van der Waals surface area contributed by atoms with Crippen LogP contribution in [-0.4, -0.2) is 34.6 Å². The van der Waals surface area contributed by atoms with Gasteiger partial charge in [0.15, 0.2) is 14.8 Å². The molecule has 2 N–H and O–H groups in total. The van der Waals surface area contributed by atoms with E-state index in [9.17, 15) is 18.3 Å². The number of sulfone groups is 1. The summed E-state index contributed by atoms with van der Waals surface area (Å²) in [5, 5.41) is 14.3. The molecular weight excluding hydrogens is 350 g/mol. The molecule has 0 saturated heterocycles.